The molecule has 4 atom stereocenters. The Hall–Kier alpha value is -4.29. The highest BCUT2D eigenvalue weighted by molar-refractivity contribution is 5.95. The molecule has 0 aliphatic carbocycles. The first-order chi connectivity index (χ1) is 27.0. The molecule has 6 bridgehead atoms. The fourth-order valence-electron chi connectivity index (χ4n) is 9.50. The second kappa shape index (κ2) is 15.9. The van der Waals surface area contributed by atoms with Crippen LogP contribution in [-0.4, -0.2) is 95.9 Å². The molecule has 4 aromatic rings. The van der Waals surface area contributed by atoms with E-state index in [4.69, 9.17) is 20.2 Å². The first-order valence-corrected chi connectivity index (χ1v) is 20.8. The number of carbonyl (C=O) groups excluding carboxylic acids is 2. The molecule has 2 aromatic carbocycles. The van der Waals surface area contributed by atoms with Gasteiger partial charge >= 0.3 is 5.97 Å². The Kier molecular flexibility index (Phi) is 11.0. The van der Waals surface area contributed by atoms with Gasteiger partial charge in [0.05, 0.1) is 42.0 Å². The molecule has 0 unspecified atom stereocenters. The van der Waals surface area contributed by atoms with Crippen molar-refractivity contribution in [3.05, 3.63) is 71.5 Å². The standard InChI is InChI=1S/C45H59N7O4/c1-6-51-40-16-15-32-23-35(40)37(42(51)36-24-34(26-47-41(36)29(2)55-5)50-20-19-49-17-8-7-13-33(49)27-50)25-45(3,4)28-56-44(54)39-14-10-18-52(48-39)43(53)38(46)22-30-11-9-12-31(32)21-30/h9,11-12,15-16,21,23-24,26,29,33,38-39,48H,6-8,10,13-14,17-20,22,25,27-28,46H2,1-5H3/t29-,33+,38-,39-/m0/s1. The van der Waals surface area contributed by atoms with E-state index in [0.717, 1.165) is 71.0 Å². The maximum Gasteiger partial charge on any atom is 0.324 e. The van der Waals surface area contributed by atoms with Gasteiger partial charge in [0, 0.05) is 67.8 Å². The highest BCUT2D eigenvalue weighted by Gasteiger charge is 2.35. The molecule has 11 heteroatoms. The van der Waals surface area contributed by atoms with Crippen molar-refractivity contribution in [2.24, 2.45) is 11.1 Å². The summed E-state index contributed by atoms with van der Waals surface area (Å²) in [6.07, 6.45) is 7.99. The normalized spacial score (nSPS) is 24.1. The molecule has 3 N–H and O–H groups in total. The van der Waals surface area contributed by atoms with Crippen molar-refractivity contribution in [1.29, 1.82) is 0 Å². The van der Waals surface area contributed by atoms with Gasteiger partial charge in [0.2, 0.25) is 0 Å². The molecule has 8 rings (SSSR count). The number of piperazine rings is 1. The van der Waals surface area contributed by atoms with Crippen LogP contribution in [0.5, 0.6) is 0 Å². The average Bonchev–Trinajstić information content (AvgIpc) is 3.52. The Morgan fingerprint density at radius 3 is 2.68 bits per heavy atom. The summed E-state index contributed by atoms with van der Waals surface area (Å²) in [5.41, 5.74) is 19.1. The summed E-state index contributed by atoms with van der Waals surface area (Å²) in [4.78, 5) is 37.5. The molecular formula is C45H59N7O4. The van der Waals surface area contributed by atoms with E-state index in [1.54, 1.807) is 7.11 Å². The monoisotopic (exact) mass is 761 g/mol. The van der Waals surface area contributed by atoms with Crippen LogP contribution in [0, 0.1) is 5.41 Å². The van der Waals surface area contributed by atoms with Crippen LogP contribution in [0.25, 0.3) is 33.3 Å². The Bertz CT molecular complexity index is 2090. The van der Waals surface area contributed by atoms with Crippen LogP contribution in [0.2, 0.25) is 0 Å². The third-order valence-electron chi connectivity index (χ3n) is 12.6. The topological polar surface area (TPSA) is 118 Å². The molecule has 1 amide bonds. The number of nitrogens with two attached hydrogens (primary N) is 1. The molecule has 3 saturated heterocycles. The molecule has 3 fully saturated rings. The van der Waals surface area contributed by atoms with Crippen LogP contribution in [0.3, 0.4) is 0 Å². The summed E-state index contributed by atoms with van der Waals surface area (Å²) >= 11 is 0. The predicted octanol–water partition coefficient (Wildman–Crippen LogP) is 6.26. The number of piperidine rings is 1. The zero-order valence-corrected chi connectivity index (χ0v) is 33.9. The van der Waals surface area contributed by atoms with Gasteiger partial charge in [0.1, 0.15) is 6.04 Å². The summed E-state index contributed by atoms with van der Waals surface area (Å²) < 4.78 is 14.6. The van der Waals surface area contributed by atoms with Gasteiger partial charge in [-0.15, -0.1) is 0 Å². The van der Waals surface area contributed by atoms with E-state index in [1.165, 1.54) is 41.8 Å². The Labute approximate surface area is 331 Å². The number of ether oxygens (including phenoxy) is 2. The number of carbonyl (C=O) groups is 2. The smallest absolute Gasteiger partial charge is 0.324 e. The molecule has 298 valence electrons. The van der Waals surface area contributed by atoms with Gasteiger partial charge in [-0.1, -0.05) is 50.6 Å². The number of rotatable bonds is 5. The summed E-state index contributed by atoms with van der Waals surface area (Å²) in [5, 5.41) is 2.69. The minimum Gasteiger partial charge on any atom is -0.464 e. The van der Waals surface area contributed by atoms with E-state index in [9.17, 15) is 9.59 Å². The summed E-state index contributed by atoms with van der Waals surface area (Å²) in [6.45, 7) is 14.4. The van der Waals surface area contributed by atoms with Gasteiger partial charge < -0.3 is 24.7 Å². The van der Waals surface area contributed by atoms with Gasteiger partial charge in [0.25, 0.3) is 5.91 Å². The lowest BCUT2D eigenvalue weighted by Crippen LogP contribution is -2.59. The van der Waals surface area contributed by atoms with Gasteiger partial charge in [0.15, 0.2) is 0 Å². The third kappa shape index (κ3) is 7.58. The van der Waals surface area contributed by atoms with Crippen molar-refractivity contribution in [3.8, 4) is 22.4 Å². The molecule has 11 nitrogen and oxygen atoms in total. The number of methoxy groups -OCH3 is 1. The lowest BCUT2D eigenvalue weighted by molar-refractivity contribution is -0.154. The molecule has 2 aromatic heterocycles. The maximum atomic E-state index is 13.6. The number of cyclic esters (lactones) is 1. The highest BCUT2D eigenvalue weighted by Crippen LogP contribution is 2.43. The SMILES string of the molecule is CCn1c(-c2cc(N3CCN4CCCC[C@@H]4C3)cnc2[C@H](C)OC)c2c3cc(ccc31)-c1cccc(c1)C[C@H](N)C(=O)N1CCC[C@H](N1)C(=O)OCC(C)(C)C2. The van der Waals surface area contributed by atoms with E-state index < -0.39 is 17.5 Å². The number of aryl methyl sites for hydroxylation is 1. The molecule has 6 heterocycles. The van der Waals surface area contributed by atoms with Crippen molar-refractivity contribution in [3.63, 3.8) is 0 Å². The van der Waals surface area contributed by atoms with Gasteiger partial charge in [-0.25, -0.2) is 5.43 Å². The van der Waals surface area contributed by atoms with Crippen LogP contribution >= 0.6 is 0 Å². The van der Waals surface area contributed by atoms with Gasteiger partial charge in [-0.05, 0) is 99.4 Å². The van der Waals surface area contributed by atoms with Crippen LogP contribution < -0.4 is 16.1 Å². The first-order valence-electron chi connectivity index (χ1n) is 20.8. The summed E-state index contributed by atoms with van der Waals surface area (Å²) in [5.74, 6) is -0.562. The average molecular weight is 762 g/mol. The van der Waals surface area contributed by atoms with E-state index in [2.05, 4.69) is 90.1 Å². The number of fused-ring (bicyclic) bond motifs is 7. The molecule has 0 saturated carbocycles. The molecule has 56 heavy (non-hydrogen) atoms. The number of esters is 1. The maximum absolute atomic E-state index is 13.6. The van der Waals surface area contributed by atoms with E-state index in [0.29, 0.717) is 38.3 Å². The number of amides is 1. The zero-order chi connectivity index (χ0) is 39.1. The summed E-state index contributed by atoms with van der Waals surface area (Å²) in [6, 6.07) is 16.7. The van der Waals surface area contributed by atoms with Crippen LogP contribution in [-0.2, 0) is 38.4 Å². The minimum atomic E-state index is -0.750. The quantitative estimate of drug-likeness (QED) is 0.227. The van der Waals surface area contributed by atoms with Crippen molar-refractivity contribution in [2.45, 2.75) is 103 Å². The van der Waals surface area contributed by atoms with E-state index >= 15 is 0 Å². The predicted molar refractivity (Wildman–Crippen MR) is 221 cm³/mol. The number of nitrogens with zero attached hydrogens (tertiary/aromatic N) is 5. The van der Waals surface area contributed by atoms with Crippen LogP contribution in [0.1, 0.15) is 82.7 Å². The fourth-order valence-corrected chi connectivity index (χ4v) is 9.50. The number of hydrogen-bond acceptors (Lipinski definition) is 9. The van der Waals surface area contributed by atoms with Crippen molar-refractivity contribution >= 4 is 28.5 Å². The van der Waals surface area contributed by atoms with Crippen molar-refractivity contribution in [2.75, 3.05) is 51.3 Å². The molecule has 4 aliphatic heterocycles. The fraction of sp³-hybridized carbons (Fsp3) is 0.533. The molecule has 0 radical (unpaired) electrons. The number of nitrogens with one attached hydrogen (secondary N) is 1. The second-order valence-corrected chi connectivity index (χ2v) is 17.2. The van der Waals surface area contributed by atoms with Crippen LogP contribution in [0.4, 0.5) is 5.69 Å². The van der Waals surface area contributed by atoms with Crippen LogP contribution in [0.15, 0.2) is 54.7 Å². The first kappa shape index (κ1) is 38.6. The van der Waals surface area contributed by atoms with Crippen molar-refractivity contribution < 1.29 is 19.1 Å². The van der Waals surface area contributed by atoms with Crippen molar-refractivity contribution in [1.82, 2.24) is 24.9 Å². The Balaban J connectivity index is 1.28. The molecular weight excluding hydrogens is 703 g/mol. The van der Waals surface area contributed by atoms with Gasteiger partial charge in [-0.2, -0.15) is 0 Å². The Morgan fingerprint density at radius 2 is 1.86 bits per heavy atom. The highest BCUT2D eigenvalue weighted by atomic mass is 16.5. The van der Waals surface area contributed by atoms with Gasteiger partial charge in [-0.3, -0.25) is 24.5 Å². The van der Waals surface area contributed by atoms with E-state index in [-0.39, 0.29) is 24.6 Å². The second-order valence-electron chi connectivity index (χ2n) is 17.2. The number of hydrazine groups is 1. The number of anilines is 1. The number of pyridine rings is 1. The number of aromatic nitrogens is 2. The summed E-state index contributed by atoms with van der Waals surface area (Å²) in [7, 11) is 1.75. The number of hydrogen-bond donors (Lipinski definition) is 2. The van der Waals surface area contributed by atoms with E-state index in [1.807, 2.05) is 12.1 Å². The largest absolute Gasteiger partial charge is 0.464 e. The lowest BCUT2D eigenvalue weighted by Gasteiger charge is -2.45. The molecule has 4 aliphatic rings. The number of benzene rings is 2. The zero-order valence-electron chi connectivity index (χ0n) is 33.9. The Morgan fingerprint density at radius 1 is 1.02 bits per heavy atom. The third-order valence-corrected chi connectivity index (χ3v) is 12.6. The lowest BCUT2D eigenvalue weighted by atomic mass is 9.84. The molecule has 0 spiro atoms. The minimum absolute atomic E-state index is 0.217.